The minimum Gasteiger partial charge on any atom is -0.478 e. The van der Waals surface area contributed by atoms with Gasteiger partial charge in [0.25, 0.3) is 0 Å². The van der Waals surface area contributed by atoms with Gasteiger partial charge in [-0.05, 0) is 46.9 Å². The summed E-state index contributed by atoms with van der Waals surface area (Å²) in [6.07, 6.45) is 4.10. The number of carbonyl (C=O) groups is 1. The SMILES string of the molecule is CCCc1cccc2cc(C(=O)O)cc(CCC)c12. The highest BCUT2D eigenvalue weighted by Crippen LogP contribution is 2.27. The highest BCUT2D eigenvalue weighted by Gasteiger charge is 2.11. The van der Waals surface area contributed by atoms with Crippen molar-refractivity contribution in [1.82, 2.24) is 0 Å². The first kappa shape index (κ1) is 13.6. The zero-order valence-corrected chi connectivity index (χ0v) is 11.6. The third-order valence-electron chi connectivity index (χ3n) is 3.43. The van der Waals surface area contributed by atoms with E-state index in [9.17, 15) is 9.90 Å². The molecule has 0 fully saturated rings. The van der Waals surface area contributed by atoms with Crippen molar-refractivity contribution in [3.05, 3.63) is 47.0 Å². The number of rotatable bonds is 5. The maximum Gasteiger partial charge on any atom is 0.335 e. The highest BCUT2D eigenvalue weighted by molar-refractivity contribution is 5.97. The normalized spacial score (nSPS) is 10.8. The Kier molecular flexibility index (Phi) is 4.20. The van der Waals surface area contributed by atoms with Crippen LogP contribution in [0.5, 0.6) is 0 Å². The summed E-state index contributed by atoms with van der Waals surface area (Å²) in [7, 11) is 0. The Morgan fingerprint density at radius 2 is 1.74 bits per heavy atom. The second-order valence-corrected chi connectivity index (χ2v) is 4.96. The summed E-state index contributed by atoms with van der Waals surface area (Å²) in [5.41, 5.74) is 2.89. The standard InChI is InChI=1S/C17H20O2/c1-3-6-12-8-5-9-14-11-15(17(18)19)10-13(7-4-2)16(12)14/h5,8-11H,3-4,6-7H2,1-2H3,(H,18,19). The maximum atomic E-state index is 11.2. The number of hydrogen-bond donors (Lipinski definition) is 1. The number of carboxylic acids is 1. The van der Waals surface area contributed by atoms with Crippen molar-refractivity contribution in [2.45, 2.75) is 39.5 Å². The molecule has 0 aliphatic carbocycles. The Bertz CT molecular complexity index is 599. The van der Waals surface area contributed by atoms with Gasteiger partial charge >= 0.3 is 5.97 Å². The number of aryl methyl sites for hydroxylation is 2. The van der Waals surface area contributed by atoms with E-state index >= 15 is 0 Å². The van der Waals surface area contributed by atoms with Crippen molar-refractivity contribution in [1.29, 1.82) is 0 Å². The van der Waals surface area contributed by atoms with Crippen LogP contribution in [0.4, 0.5) is 0 Å². The second kappa shape index (κ2) is 5.87. The van der Waals surface area contributed by atoms with Gasteiger partial charge in [-0.2, -0.15) is 0 Å². The molecule has 0 radical (unpaired) electrons. The van der Waals surface area contributed by atoms with Crippen molar-refractivity contribution in [3.63, 3.8) is 0 Å². The summed E-state index contributed by atoms with van der Waals surface area (Å²) in [5, 5.41) is 11.5. The lowest BCUT2D eigenvalue weighted by Gasteiger charge is -2.12. The fraction of sp³-hybridized carbons (Fsp3) is 0.353. The fourth-order valence-corrected chi connectivity index (χ4v) is 2.67. The Morgan fingerprint density at radius 1 is 1.05 bits per heavy atom. The molecular weight excluding hydrogens is 236 g/mol. The van der Waals surface area contributed by atoms with Gasteiger partial charge < -0.3 is 5.11 Å². The summed E-state index contributed by atoms with van der Waals surface area (Å²) < 4.78 is 0. The summed E-state index contributed by atoms with van der Waals surface area (Å²) in [5.74, 6) is -0.847. The molecule has 0 saturated heterocycles. The number of hydrogen-bond acceptors (Lipinski definition) is 1. The molecule has 2 heteroatoms. The van der Waals surface area contributed by atoms with E-state index in [1.54, 1.807) is 6.07 Å². The first-order valence-electron chi connectivity index (χ1n) is 6.95. The topological polar surface area (TPSA) is 37.3 Å². The van der Waals surface area contributed by atoms with Gasteiger partial charge in [0.2, 0.25) is 0 Å². The van der Waals surface area contributed by atoms with E-state index in [1.807, 2.05) is 18.2 Å². The molecule has 0 aliphatic heterocycles. The van der Waals surface area contributed by atoms with Gasteiger partial charge in [-0.3, -0.25) is 0 Å². The van der Waals surface area contributed by atoms with Crippen LogP contribution in [0, 0.1) is 0 Å². The molecular formula is C17H20O2. The lowest BCUT2D eigenvalue weighted by atomic mass is 9.92. The summed E-state index contributed by atoms with van der Waals surface area (Å²) in [6, 6.07) is 9.82. The first-order valence-corrected chi connectivity index (χ1v) is 6.95. The predicted octanol–water partition coefficient (Wildman–Crippen LogP) is 4.44. The van der Waals surface area contributed by atoms with Gasteiger partial charge in [-0.1, -0.05) is 44.9 Å². The smallest absolute Gasteiger partial charge is 0.335 e. The minimum absolute atomic E-state index is 0.393. The molecule has 0 aliphatic rings. The van der Waals surface area contributed by atoms with Gasteiger partial charge in [0.05, 0.1) is 5.56 Å². The highest BCUT2D eigenvalue weighted by atomic mass is 16.4. The van der Waals surface area contributed by atoms with Crippen LogP contribution in [-0.2, 0) is 12.8 Å². The lowest BCUT2D eigenvalue weighted by Crippen LogP contribution is -2.00. The van der Waals surface area contributed by atoms with Crippen LogP contribution in [0.25, 0.3) is 10.8 Å². The van der Waals surface area contributed by atoms with Crippen molar-refractivity contribution >= 4 is 16.7 Å². The molecule has 0 amide bonds. The third kappa shape index (κ3) is 2.78. The molecule has 100 valence electrons. The molecule has 0 bridgehead atoms. The van der Waals surface area contributed by atoms with Crippen molar-refractivity contribution in [2.75, 3.05) is 0 Å². The van der Waals surface area contributed by atoms with Gasteiger partial charge in [0.1, 0.15) is 0 Å². The zero-order valence-electron chi connectivity index (χ0n) is 11.6. The molecule has 0 aromatic heterocycles. The Hall–Kier alpha value is -1.83. The van der Waals surface area contributed by atoms with Crippen LogP contribution in [-0.4, -0.2) is 11.1 Å². The van der Waals surface area contributed by atoms with Crippen LogP contribution in [0.1, 0.15) is 48.2 Å². The summed E-state index contributed by atoms with van der Waals surface area (Å²) in [6.45, 7) is 4.30. The predicted molar refractivity (Wildman–Crippen MR) is 78.9 cm³/mol. The van der Waals surface area contributed by atoms with Crippen LogP contribution in [0.3, 0.4) is 0 Å². The molecule has 1 N–H and O–H groups in total. The van der Waals surface area contributed by atoms with E-state index < -0.39 is 5.97 Å². The van der Waals surface area contributed by atoms with Crippen molar-refractivity contribution in [2.24, 2.45) is 0 Å². The minimum atomic E-state index is -0.847. The number of aromatic carboxylic acids is 1. The third-order valence-corrected chi connectivity index (χ3v) is 3.43. The number of fused-ring (bicyclic) bond motifs is 1. The van der Waals surface area contributed by atoms with Crippen LogP contribution < -0.4 is 0 Å². The Balaban J connectivity index is 2.71. The van der Waals surface area contributed by atoms with E-state index in [0.29, 0.717) is 5.56 Å². The molecule has 19 heavy (non-hydrogen) atoms. The fourth-order valence-electron chi connectivity index (χ4n) is 2.67. The molecule has 2 aromatic rings. The maximum absolute atomic E-state index is 11.2. The monoisotopic (exact) mass is 256 g/mol. The zero-order chi connectivity index (χ0) is 13.8. The largest absolute Gasteiger partial charge is 0.478 e. The molecule has 0 spiro atoms. The van der Waals surface area contributed by atoms with E-state index in [4.69, 9.17) is 0 Å². The number of carboxylic acid groups (broad SMARTS) is 1. The Morgan fingerprint density at radius 3 is 2.37 bits per heavy atom. The van der Waals surface area contributed by atoms with Crippen molar-refractivity contribution < 1.29 is 9.90 Å². The molecule has 0 saturated carbocycles. The quantitative estimate of drug-likeness (QED) is 0.858. The molecule has 2 nitrogen and oxygen atoms in total. The van der Waals surface area contributed by atoms with Gasteiger partial charge in [0, 0.05) is 0 Å². The molecule has 0 unspecified atom stereocenters. The first-order chi connectivity index (χ1) is 9.17. The van der Waals surface area contributed by atoms with Crippen LogP contribution >= 0.6 is 0 Å². The molecule has 0 atom stereocenters. The average Bonchev–Trinajstić information content (AvgIpc) is 2.39. The van der Waals surface area contributed by atoms with E-state index in [1.165, 1.54) is 16.5 Å². The van der Waals surface area contributed by atoms with Gasteiger partial charge in [-0.15, -0.1) is 0 Å². The average molecular weight is 256 g/mol. The number of benzene rings is 2. The van der Waals surface area contributed by atoms with Gasteiger partial charge in [0.15, 0.2) is 0 Å². The van der Waals surface area contributed by atoms with Crippen LogP contribution in [0.15, 0.2) is 30.3 Å². The van der Waals surface area contributed by atoms with Gasteiger partial charge in [-0.25, -0.2) is 4.79 Å². The van der Waals surface area contributed by atoms with E-state index in [-0.39, 0.29) is 0 Å². The molecule has 2 aromatic carbocycles. The van der Waals surface area contributed by atoms with Crippen LogP contribution in [0.2, 0.25) is 0 Å². The summed E-state index contributed by atoms with van der Waals surface area (Å²) >= 11 is 0. The second-order valence-electron chi connectivity index (χ2n) is 4.96. The summed E-state index contributed by atoms with van der Waals surface area (Å²) in [4.78, 5) is 11.2. The van der Waals surface area contributed by atoms with E-state index in [0.717, 1.165) is 31.1 Å². The lowest BCUT2D eigenvalue weighted by molar-refractivity contribution is 0.0697. The Labute approximate surface area is 114 Å². The molecule has 2 rings (SSSR count). The molecule has 0 heterocycles. The van der Waals surface area contributed by atoms with Crippen molar-refractivity contribution in [3.8, 4) is 0 Å². The van der Waals surface area contributed by atoms with E-state index in [2.05, 4.69) is 19.9 Å².